The predicted molar refractivity (Wildman–Crippen MR) is 103 cm³/mol. The smallest absolute Gasteiger partial charge is 0.244 e. The Bertz CT molecular complexity index is 915. The maximum Gasteiger partial charge on any atom is 0.244 e. The Labute approximate surface area is 168 Å². The molecule has 2 aromatic rings. The van der Waals surface area contributed by atoms with Crippen molar-refractivity contribution in [2.24, 2.45) is 0 Å². The van der Waals surface area contributed by atoms with E-state index in [1.807, 2.05) is 0 Å². The Kier molecular flexibility index (Phi) is 6.10. The van der Waals surface area contributed by atoms with Gasteiger partial charge in [-0.05, 0) is 50.5 Å². The first-order valence-electron chi connectivity index (χ1n) is 8.58. The Morgan fingerprint density at radius 2 is 1.93 bits per heavy atom. The van der Waals surface area contributed by atoms with Crippen molar-refractivity contribution >= 4 is 39.1 Å². The van der Waals surface area contributed by atoms with Gasteiger partial charge in [0.15, 0.2) is 0 Å². The minimum absolute atomic E-state index is 0.0578. The van der Waals surface area contributed by atoms with Crippen LogP contribution in [0.25, 0.3) is 0 Å². The molecule has 1 aromatic heterocycles. The monoisotopic (exact) mass is 430 g/mol. The highest BCUT2D eigenvalue weighted by Crippen LogP contribution is 2.34. The SMILES string of the molecule is CC(c1n[nH]cc1Cl)N(C1CCCCNC1=O)S(=O)(=O)c1ccc(Cl)cc1. The molecule has 2 unspecified atom stereocenters. The van der Waals surface area contributed by atoms with Gasteiger partial charge in [0.25, 0.3) is 0 Å². The molecule has 10 heteroatoms. The zero-order chi connectivity index (χ0) is 19.6. The number of sulfonamides is 1. The summed E-state index contributed by atoms with van der Waals surface area (Å²) in [7, 11) is -4.01. The average Bonchev–Trinajstić information content (AvgIpc) is 2.95. The van der Waals surface area contributed by atoms with Crippen LogP contribution in [0.15, 0.2) is 35.4 Å². The largest absolute Gasteiger partial charge is 0.355 e. The summed E-state index contributed by atoms with van der Waals surface area (Å²) in [6.07, 6.45) is 3.43. The van der Waals surface area contributed by atoms with Gasteiger partial charge in [-0.25, -0.2) is 8.42 Å². The van der Waals surface area contributed by atoms with E-state index in [1.54, 1.807) is 6.92 Å². The quantitative estimate of drug-likeness (QED) is 0.761. The molecule has 2 N–H and O–H groups in total. The summed E-state index contributed by atoms with van der Waals surface area (Å²) in [5.74, 6) is -0.316. The normalized spacial score (nSPS) is 19.6. The molecule has 1 aliphatic rings. The molecule has 2 heterocycles. The maximum absolute atomic E-state index is 13.5. The highest BCUT2D eigenvalue weighted by atomic mass is 35.5. The number of H-pyrrole nitrogens is 1. The minimum atomic E-state index is -4.01. The van der Waals surface area contributed by atoms with E-state index in [-0.39, 0.29) is 10.8 Å². The van der Waals surface area contributed by atoms with E-state index in [2.05, 4.69) is 15.5 Å². The van der Waals surface area contributed by atoms with E-state index in [9.17, 15) is 13.2 Å². The lowest BCUT2D eigenvalue weighted by Gasteiger charge is -2.33. The van der Waals surface area contributed by atoms with E-state index in [4.69, 9.17) is 23.2 Å². The maximum atomic E-state index is 13.5. The van der Waals surface area contributed by atoms with Crippen molar-refractivity contribution in [3.8, 4) is 0 Å². The molecule has 0 bridgehead atoms. The minimum Gasteiger partial charge on any atom is -0.355 e. The standard InChI is InChI=1S/C17H20Cl2N4O3S/c1-11(16-14(19)10-21-22-16)23(15-4-2-3-9-20-17(15)24)27(25,26)13-7-5-12(18)6-8-13/h5-8,10-11,15H,2-4,9H2,1H3,(H,20,24)(H,21,22). The third kappa shape index (κ3) is 4.13. The fraction of sp³-hybridized carbons (Fsp3) is 0.412. The summed E-state index contributed by atoms with van der Waals surface area (Å²) in [5.41, 5.74) is 0.367. The van der Waals surface area contributed by atoms with Gasteiger partial charge in [-0.15, -0.1) is 0 Å². The molecule has 0 aliphatic carbocycles. The molecule has 1 aliphatic heterocycles. The number of hydrogen-bond acceptors (Lipinski definition) is 4. The number of benzene rings is 1. The van der Waals surface area contributed by atoms with Crippen molar-refractivity contribution in [2.75, 3.05) is 6.54 Å². The molecule has 1 saturated heterocycles. The Morgan fingerprint density at radius 3 is 2.56 bits per heavy atom. The first-order valence-corrected chi connectivity index (χ1v) is 10.8. The van der Waals surface area contributed by atoms with E-state index in [0.717, 1.165) is 12.8 Å². The van der Waals surface area contributed by atoms with Crippen LogP contribution < -0.4 is 5.32 Å². The molecule has 0 saturated carbocycles. The van der Waals surface area contributed by atoms with Crippen LogP contribution in [0.5, 0.6) is 0 Å². The molecule has 0 radical (unpaired) electrons. The van der Waals surface area contributed by atoms with Crippen LogP contribution in [0.2, 0.25) is 10.0 Å². The van der Waals surface area contributed by atoms with Gasteiger partial charge in [0.2, 0.25) is 15.9 Å². The number of carbonyl (C=O) groups is 1. The summed E-state index contributed by atoms with van der Waals surface area (Å²) < 4.78 is 28.1. The lowest BCUT2D eigenvalue weighted by molar-refractivity contribution is -0.125. The highest BCUT2D eigenvalue weighted by molar-refractivity contribution is 7.89. The van der Waals surface area contributed by atoms with Crippen LogP contribution in [0.1, 0.15) is 37.9 Å². The van der Waals surface area contributed by atoms with Crippen molar-refractivity contribution in [3.63, 3.8) is 0 Å². The molecule has 7 nitrogen and oxygen atoms in total. The van der Waals surface area contributed by atoms with Crippen LogP contribution in [-0.2, 0) is 14.8 Å². The molecule has 146 valence electrons. The van der Waals surface area contributed by atoms with Gasteiger partial charge in [-0.3, -0.25) is 9.89 Å². The van der Waals surface area contributed by atoms with Crippen LogP contribution in [-0.4, -0.2) is 41.4 Å². The fourth-order valence-electron chi connectivity index (χ4n) is 3.24. The van der Waals surface area contributed by atoms with Crippen LogP contribution in [0.3, 0.4) is 0 Å². The average molecular weight is 431 g/mol. The number of aromatic nitrogens is 2. The van der Waals surface area contributed by atoms with Gasteiger partial charge in [0, 0.05) is 17.8 Å². The second kappa shape index (κ2) is 8.18. The van der Waals surface area contributed by atoms with Crippen molar-refractivity contribution < 1.29 is 13.2 Å². The molecule has 3 rings (SSSR count). The molecule has 1 fully saturated rings. The molecule has 1 aromatic carbocycles. The van der Waals surface area contributed by atoms with Gasteiger partial charge in [0.1, 0.15) is 6.04 Å². The van der Waals surface area contributed by atoms with Crippen molar-refractivity contribution in [1.82, 2.24) is 19.8 Å². The number of carbonyl (C=O) groups excluding carboxylic acids is 1. The molecule has 2 atom stereocenters. The van der Waals surface area contributed by atoms with Gasteiger partial charge in [-0.1, -0.05) is 23.2 Å². The third-order valence-corrected chi connectivity index (χ3v) is 7.15. The summed E-state index contributed by atoms with van der Waals surface area (Å²) >= 11 is 12.1. The molecule has 27 heavy (non-hydrogen) atoms. The Hall–Kier alpha value is -1.61. The van der Waals surface area contributed by atoms with E-state index < -0.39 is 22.1 Å². The number of nitrogens with one attached hydrogen (secondary N) is 2. The summed E-state index contributed by atoms with van der Waals surface area (Å²) in [5, 5.41) is 10.3. The Balaban J connectivity index is 2.10. The Morgan fingerprint density at radius 1 is 1.22 bits per heavy atom. The second-order valence-corrected chi connectivity index (χ2v) is 9.07. The van der Waals surface area contributed by atoms with Gasteiger partial charge < -0.3 is 5.32 Å². The van der Waals surface area contributed by atoms with E-state index in [0.29, 0.717) is 28.7 Å². The topological polar surface area (TPSA) is 95.2 Å². The first kappa shape index (κ1) is 20.1. The highest BCUT2D eigenvalue weighted by Gasteiger charge is 2.41. The van der Waals surface area contributed by atoms with Crippen molar-refractivity contribution in [1.29, 1.82) is 0 Å². The van der Waals surface area contributed by atoms with Gasteiger partial charge in [0.05, 0.1) is 21.7 Å². The zero-order valence-electron chi connectivity index (χ0n) is 14.7. The third-order valence-electron chi connectivity index (χ3n) is 4.60. The molecule has 0 spiro atoms. The second-order valence-electron chi connectivity index (χ2n) is 6.39. The van der Waals surface area contributed by atoms with Crippen LogP contribution in [0, 0.1) is 0 Å². The van der Waals surface area contributed by atoms with E-state index >= 15 is 0 Å². The zero-order valence-corrected chi connectivity index (χ0v) is 17.0. The number of rotatable bonds is 5. The lowest BCUT2D eigenvalue weighted by atomic mass is 10.1. The van der Waals surface area contributed by atoms with Gasteiger partial charge in [-0.2, -0.15) is 9.40 Å². The molecular formula is C17H20Cl2N4O3S. The van der Waals surface area contributed by atoms with E-state index in [1.165, 1.54) is 34.8 Å². The number of hydrogen-bond donors (Lipinski definition) is 2. The van der Waals surface area contributed by atoms with Crippen molar-refractivity contribution in [3.05, 3.63) is 46.2 Å². The fourth-order valence-corrected chi connectivity index (χ4v) is 5.39. The molecular weight excluding hydrogens is 411 g/mol. The molecule has 1 amide bonds. The number of halogens is 2. The number of amides is 1. The van der Waals surface area contributed by atoms with Crippen LogP contribution >= 0.6 is 23.2 Å². The summed E-state index contributed by atoms with van der Waals surface area (Å²) in [6, 6.07) is 4.28. The van der Waals surface area contributed by atoms with Crippen LogP contribution in [0.4, 0.5) is 0 Å². The summed E-state index contributed by atoms with van der Waals surface area (Å²) in [6.45, 7) is 2.20. The number of nitrogens with zero attached hydrogens (tertiary/aromatic N) is 2. The summed E-state index contributed by atoms with van der Waals surface area (Å²) in [4.78, 5) is 12.7. The predicted octanol–water partition coefficient (Wildman–Crippen LogP) is 3.14. The first-order chi connectivity index (χ1) is 12.8. The number of aromatic amines is 1. The van der Waals surface area contributed by atoms with Gasteiger partial charge >= 0.3 is 0 Å². The lowest BCUT2D eigenvalue weighted by Crippen LogP contribution is -2.49. The van der Waals surface area contributed by atoms with Crippen molar-refractivity contribution in [2.45, 2.75) is 43.2 Å².